The minimum absolute atomic E-state index is 0.00334. The zero-order valence-corrected chi connectivity index (χ0v) is 11.2. The molecule has 2 heterocycles. The molecule has 1 fully saturated rings. The molecule has 1 aliphatic rings. The normalized spacial score (nSPS) is 20.1. The van der Waals surface area contributed by atoms with Gasteiger partial charge in [-0.05, 0) is 0 Å². The molecule has 1 aliphatic heterocycles. The third-order valence-electron chi connectivity index (χ3n) is 3.05. The maximum atomic E-state index is 13.8. The summed E-state index contributed by atoms with van der Waals surface area (Å²) in [6, 6.07) is 1.21. The van der Waals surface area contributed by atoms with Crippen molar-refractivity contribution in [3.63, 3.8) is 0 Å². The number of anilines is 1. The van der Waals surface area contributed by atoms with Crippen molar-refractivity contribution >= 4 is 5.82 Å². The van der Waals surface area contributed by atoms with Crippen molar-refractivity contribution in [2.45, 2.75) is 25.9 Å². The molecule has 0 aliphatic carbocycles. The molecule has 1 aromatic rings. The summed E-state index contributed by atoms with van der Waals surface area (Å²) in [5.41, 5.74) is 0. The number of nitrogens with one attached hydrogen (secondary N) is 1. The lowest BCUT2D eigenvalue weighted by atomic mass is 10.2. The summed E-state index contributed by atoms with van der Waals surface area (Å²) in [5.74, 6) is -1.09. The van der Waals surface area contributed by atoms with Crippen molar-refractivity contribution < 1.29 is 13.5 Å². The monoisotopic (exact) mass is 271 g/mol. The van der Waals surface area contributed by atoms with Crippen LogP contribution >= 0.6 is 0 Å². The summed E-state index contributed by atoms with van der Waals surface area (Å²) in [5, 5.41) is 3.30. The van der Waals surface area contributed by atoms with Gasteiger partial charge in [0.1, 0.15) is 5.82 Å². The second kappa shape index (κ2) is 6.25. The van der Waals surface area contributed by atoms with Crippen LogP contribution in [-0.4, -0.2) is 43.4 Å². The minimum Gasteiger partial charge on any atom is -0.377 e. The second-order valence-electron chi connectivity index (χ2n) is 4.94. The van der Waals surface area contributed by atoms with Crippen molar-refractivity contribution in [3.05, 3.63) is 23.9 Å². The van der Waals surface area contributed by atoms with Gasteiger partial charge in [-0.1, -0.05) is 13.8 Å². The number of ether oxygens (including phenoxy) is 1. The van der Waals surface area contributed by atoms with Gasteiger partial charge in [0.05, 0.1) is 25.5 Å². The lowest BCUT2D eigenvalue weighted by molar-refractivity contribution is 0.0923. The number of nitrogens with zero attached hydrogens (tertiary/aromatic N) is 2. The number of pyridine rings is 1. The van der Waals surface area contributed by atoms with Gasteiger partial charge in [0.25, 0.3) is 0 Å². The Kier molecular flexibility index (Phi) is 4.66. The SMILES string of the molecule is CC(C)NCC1COCCN1c1ncc(F)cc1F. The Bertz CT molecular complexity index is 428. The third kappa shape index (κ3) is 3.61. The van der Waals surface area contributed by atoms with Crippen molar-refractivity contribution in [3.8, 4) is 0 Å². The van der Waals surface area contributed by atoms with Gasteiger partial charge in [0.15, 0.2) is 11.6 Å². The summed E-state index contributed by atoms with van der Waals surface area (Å²) in [7, 11) is 0. The van der Waals surface area contributed by atoms with E-state index in [-0.39, 0.29) is 11.9 Å². The number of morpholine rings is 1. The van der Waals surface area contributed by atoms with Gasteiger partial charge in [-0.15, -0.1) is 0 Å². The van der Waals surface area contributed by atoms with E-state index >= 15 is 0 Å². The maximum Gasteiger partial charge on any atom is 0.168 e. The van der Waals surface area contributed by atoms with E-state index in [9.17, 15) is 8.78 Å². The highest BCUT2D eigenvalue weighted by molar-refractivity contribution is 5.41. The Hall–Kier alpha value is -1.27. The van der Waals surface area contributed by atoms with Crippen LogP contribution in [0.4, 0.5) is 14.6 Å². The van der Waals surface area contributed by atoms with E-state index in [1.807, 2.05) is 18.7 Å². The molecule has 106 valence electrons. The summed E-state index contributed by atoms with van der Waals surface area (Å²) >= 11 is 0. The fourth-order valence-electron chi connectivity index (χ4n) is 2.09. The molecule has 1 aromatic heterocycles. The van der Waals surface area contributed by atoms with Crippen LogP contribution in [0.5, 0.6) is 0 Å². The predicted octanol–water partition coefficient (Wildman–Crippen LogP) is 1.56. The van der Waals surface area contributed by atoms with Gasteiger partial charge in [-0.2, -0.15) is 0 Å². The molecule has 0 amide bonds. The maximum absolute atomic E-state index is 13.8. The molecule has 0 radical (unpaired) electrons. The minimum atomic E-state index is -0.661. The van der Waals surface area contributed by atoms with Crippen LogP contribution in [0.25, 0.3) is 0 Å². The largest absolute Gasteiger partial charge is 0.377 e. The van der Waals surface area contributed by atoms with Gasteiger partial charge < -0.3 is 15.0 Å². The van der Waals surface area contributed by atoms with Crippen LogP contribution in [-0.2, 0) is 4.74 Å². The molecular weight excluding hydrogens is 252 g/mol. The van der Waals surface area contributed by atoms with Crippen LogP contribution < -0.4 is 10.2 Å². The molecule has 0 bridgehead atoms. The van der Waals surface area contributed by atoms with E-state index in [0.717, 1.165) is 12.3 Å². The predicted molar refractivity (Wildman–Crippen MR) is 69.2 cm³/mol. The first kappa shape index (κ1) is 14.1. The molecule has 1 saturated heterocycles. The lowest BCUT2D eigenvalue weighted by Crippen LogP contribution is -2.52. The van der Waals surface area contributed by atoms with Crippen LogP contribution in [0.1, 0.15) is 13.8 Å². The number of hydrogen-bond acceptors (Lipinski definition) is 4. The van der Waals surface area contributed by atoms with E-state index < -0.39 is 11.6 Å². The Balaban J connectivity index is 2.14. The number of halogens is 2. The van der Waals surface area contributed by atoms with Gasteiger partial charge in [0, 0.05) is 25.2 Å². The fourth-order valence-corrected chi connectivity index (χ4v) is 2.09. The second-order valence-corrected chi connectivity index (χ2v) is 4.94. The highest BCUT2D eigenvalue weighted by atomic mass is 19.1. The first-order valence-corrected chi connectivity index (χ1v) is 6.46. The van der Waals surface area contributed by atoms with Crippen LogP contribution in [0.3, 0.4) is 0 Å². The molecule has 0 aromatic carbocycles. The molecular formula is C13H19F2N3O. The highest BCUT2D eigenvalue weighted by Gasteiger charge is 2.26. The van der Waals surface area contributed by atoms with Crippen molar-refractivity contribution in [2.24, 2.45) is 0 Å². The summed E-state index contributed by atoms with van der Waals surface area (Å²) in [4.78, 5) is 5.71. The van der Waals surface area contributed by atoms with E-state index in [4.69, 9.17) is 4.74 Å². The van der Waals surface area contributed by atoms with Gasteiger partial charge in [-0.3, -0.25) is 0 Å². The summed E-state index contributed by atoms with van der Waals surface area (Å²) < 4.78 is 32.1. The van der Waals surface area contributed by atoms with Crippen LogP contribution in [0.15, 0.2) is 12.3 Å². The molecule has 19 heavy (non-hydrogen) atoms. The highest BCUT2D eigenvalue weighted by Crippen LogP contribution is 2.21. The van der Waals surface area contributed by atoms with Gasteiger partial charge in [-0.25, -0.2) is 13.8 Å². The average molecular weight is 271 g/mol. The van der Waals surface area contributed by atoms with Crippen molar-refractivity contribution in [1.29, 1.82) is 0 Å². The van der Waals surface area contributed by atoms with Crippen molar-refractivity contribution in [1.82, 2.24) is 10.3 Å². The van der Waals surface area contributed by atoms with E-state index in [0.29, 0.717) is 32.3 Å². The Morgan fingerprint density at radius 3 is 3.00 bits per heavy atom. The zero-order chi connectivity index (χ0) is 13.8. The smallest absolute Gasteiger partial charge is 0.168 e. The Morgan fingerprint density at radius 2 is 2.32 bits per heavy atom. The quantitative estimate of drug-likeness (QED) is 0.902. The molecule has 0 saturated carbocycles. The lowest BCUT2D eigenvalue weighted by Gasteiger charge is -2.37. The van der Waals surface area contributed by atoms with Crippen LogP contribution in [0, 0.1) is 11.6 Å². The number of aromatic nitrogens is 1. The van der Waals surface area contributed by atoms with E-state index in [1.54, 1.807) is 0 Å². The van der Waals surface area contributed by atoms with E-state index in [2.05, 4.69) is 10.3 Å². The topological polar surface area (TPSA) is 37.4 Å². The number of rotatable bonds is 4. The summed E-state index contributed by atoms with van der Waals surface area (Å²) in [6.45, 7) is 6.36. The average Bonchev–Trinajstić information content (AvgIpc) is 2.37. The molecule has 1 unspecified atom stereocenters. The first-order chi connectivity index (χ1) is 9.08. The third-order valence-corrected chi connectivity index (χ3v) is 3.05. The molecule has 4 nitrogen and oxygen atoms in total. The molecule has 2 rings (SSSR count). The summed E-state index contributed by atoms with van der Waals surface area (Å²) in [6.07, 6.45) is 1.04. The van der Waals surface area contributed by atoms with Gasteiger partial charge in [0.2, 0.25) is 0 Å². The molecule has 1 atom stereocenters. The molecule has 1 N–H and O–H groups in total. The Morgan fingerprint density at radius 1 is 1.53 bits per heavy atom. The molecule has 6 heteroatoms. The van der Waals surface area contributed by atoms with Crippen LogP contribution in [0.2, 0.25) is 0 Å². The standard InChI is InChI=1S/C13H19F2N3O/c1-9(2)16-7-11-8-19-4-3-18(11)13-12(15)5-10(14)6-17-13/h5-6,9,11,16H,3-4,7-8H2,1-2H3. The van der Waals surface area contributed by atoms with Gasteiger partial charge >= 0.3 is 0 Å². The van der Waals surface area contributed by atoms with E-state index in [1.165, 1.54) is 0 Å². The first-order valence-electron chi connectivity index (χ1n) is 6.46. The van der Waals surface area contributed by atoms with Crippen molar-refractivity contribution in [2.75, 3.05) is 31.2 Å². The fraction of sp³-hybridized carbons (Fsp3) is 0.615. The zero-order valence-electron chi connectivity index (χ0n) is 11.2. The Labute approximate surface area is 111 Å². The molecule has 0 spiro atoms. The number of hydrogen-bond donors (Lipinski definition) is 1.